The highest BCUT2D eigenvalue weighted by Gasteiger charge is 2.27. The summed E-state index contributed by atoms with van der Waals surface area (Å²) in [6.07, 6.45) is 6.19. The number of halogens is 1. The minimum absolute atomic E-state index is 0.178. The molecule has 1 aromatic carbocycles. The van der Waals surface area contributed by atoms with E-state index in [1.54, 1.807) is 0 Å². The lowest BCUT2D eigenvalue weighted by molar-refractivity contribution is 0.243. The Bertz CT molecular complexity index is 1050. The Morgan fingerprint density at radius 1 is 0.971 bits per heavy atom. The van der Waals surface area contributed by atoms with E-state index in [1.165, 1.54) is 22.3 Å². The van der Waals surface area contributed by atoms with Crippen molar-refractivity contribution in [3.05, 3.63) is 93.5 Å². The number of aromatic nitrogens is 2. The van der Waals surface area contributed by atoms with Crippen LogP contribution in [-0.4, -0.2) is 34.5 Å². The normalized spacial score (nSPS) is 11.9. The zero-order valence-electron chi connectivity index (χ0n) is 21.4. The average Bonchev–Trinajstić information content (AvgIpc) is 2.81. The Labute approximate surface area is 210 Å². The maximum Gasteiger partial charge on any atom is 0.0584 e. The molecule has 3 rings (SSSR count). The van der Waals surface area contributed by atoms with Crippen LogP contribution in [0.15, 0.2) is 54.9 Å². The first-order chi connectivity index (χ1) is 16.3. The number of nitrogens with one attached hydrogen (secondary N) is 1. The van der Waals surface area contributed by atoms with E-state index in [1.807, 2.05) is 30.6 Å². The first kappa shape index (κ1) is 26.3. The number of aryl methyl sites for hydroxylation is 2. The Morgan fingerprint density at radius 3 is 2.41 bits per heavy atom. The van der Waals surface area contributed by atoms with Gasteiger partial charge in [0.05, 0.1) is 11.4 Å². The molecule has 182 valence electrons. The van der Waals surface area contributed by atoms with E-state index in [-0.39, 0.29) is 5.41 Å². The summed E-state index contributed by atoms with van der Waals surface area (Å²) in [5, 5.41) is 4.20. The first-order valence-corrected chi connectivity index (χ1v) is 12.7. The second kappa shape index (κ2) is 12.4. The van der Waals surface area contributed by atoms with Crippen LogP contribution in [0, 0.1) is 13.8 Å². The van der Waals surface area contributed by atoms with Crippen molar-refractivity contribution in [2.45, 2.75) is 66.0 Å². The minimum atomic E-state index is -0.178. The molecule has 4 nitrogen and oxygen atoms in total. The number of nitrogens with zero attached hydrogens (tertiary/aromatic N) is 3. The van der Waals surface area contributed by atoms with Crippen LogP contribution in [-0.2, 0) is 18.5 Å². The highest BCUT2D eigenvalue weighted by molar-refractivity contribution is 6.30. The number of unbranched alkanes of at least 4 members (excludes halogenated alkanes) is 1. The van der Waals surface area contributed by atoms with Gasteiger partial charge in [0.15, 0.2) is 0 Å². The third-order valence-corrected chi connectivity index (χ3v) is 6.78. The summed E-state index contributed by atoms with van der Waals surface area (Å²) in [6, 6.07) is 14.7. The van der Waals surface area contributed by atoms with Gasteiger partial charge in [-0.25, -0.2) is 0 Å². The third-order valence-electron chi connectivity index (χ3n) is 6.53. The van der Waals surface area contributed by atoms with Crippen LogP contribution >= 0.6 is 11.6 Å². The van der Waals surface area contributed by atoms with Gasteiger partial charge in [-0.2, -0.15) is 0 Å². The predicted molar refractivity (Wildman–Crippen MR) is 143 cm³/mol. The quantitative estimate of drug-likeness (QED) is 0.303. The molecular weight excluding hydrogens is 440 g/mol. The molecule has 0 aliphatic rings. The molecule has 0 fully saturated rings. The van der Waals surface area contributed by atoms with Gasteiger partial charge in [0, 0.05) is 35.9 Å². The number of rotatable bonds is 12. The molecular formula is C29H39ClN4. The molecule has 0 amide bonds. The molecule has 0 aliphatic heterocycles. The van der Waals surface area contributed by atoms with Crippen molar-refractivity contribution < 1.29 is 0 Å². The molecule has 0 bridgehead atoms. The van der Waals surface area contributed by atoms with Crippen LogP contribution in [0.4, 0.5) is 0 Å². The number of hydrogen-bond donors (Lipinski definition) is 1. The number of hydrogen-bond acceptors (Lipinski definition) is 4. The SMILES string of the molecule is CCNCCCCN(Cc1ncc(C)cc1C)Cc1ncccc1C(C)(C)c1ccc(Cl)cc1. The minimum Gasteiger partial charge on any atom is -0.317 e. The lowest BCUT2D eigenvalue weighted by Gasteiger charge is -2.30. The smallest absolute Gasteiger partial charge is 0.0584 e. The van der Waals surface area contributed by atoms with Crippen molar-refractivity contribution in [1.29, 1.82) is 0 Å². The van der Waals surface area contributed by atoms with Crippen LogP contribution in [0.3, 0.4) is 0 Å². The van der Waals surface area contributed by atoms with Gasteiger partial charge < -0.3 is 5.32 Å². The Balaban J connectivity index is 1.85. The van der Waals surface area contributed by atoms with E-state index in [9.17, 15) is 0 Å². The van der Waals surface area contributed by atoms with E-state index in [4.69, 9.17) is 21.6 Å². The van der Waals surface area contributed by atoms with Gasteiger partial charge in [0.1, 0.15) is 0 Å². The van der Waals surface area contributed by atoms with Crippen LogP contribution < -0.4 is 5.32 Å². The van der Waals surface area contributed by atoms with Gasteiger partial charge in [-0.05, 0) is 86.8 Å². The molecule has 0 unspecified atom stereocenters. The summed E-state index contributed by atoms with van der Waals surface area (Å²) in [7, 11) is 0. The summed E-state index contributed by atoms with van der Waals surface area (Å²) < 4.78 is 0. The monoisotopic (exact) mass is 478 g/mol. The van der Waals surface area contributed by atoms with Crippen molar-refractivity contribution >= 4 is 11.6 Å². The van der Waals surface area contributed by atoms with Crippen molar-refractivity contribution in [2.75, 3.05) is 19.6 Å². The standard InChI is InChI=1S/C29H39ClN4/c1-6-31-15-7-8-17-34(20-27-23(3)18-22(2)19-33-27)21-28-26(10-9-16-32-28)29(4,5)24-11-13-25(30)14-12-24/h9-14,16,18-19,31H,6-8,15,17,20-21H2,1-5H3. The van der Waals surface area contributed by atoms with Gasteiger partial charge in [0.2, 0.25) is 0 Å². The summed E-state index contributed by atoms with van der Waals surface area (Å²) in [6.45, 7) is 15.7. The fourth-order valence-corrected chi connectivity index (χ4v) is 4.59. The van der Waals surface area contributed by atoms with Gasteiger partial charge in [-0.15, -0.1) is 0 Å². The summed E-state index contributed by atoms with van der Waals surface area (Å²) in [5.74, 6) is 0. The zero-order valence-corrected chi connectivity index (χ0v) is 22.1. The van der Waals surface area contributed by atoms with E-state index in [0.717, 1.165) is 62.0 Å². The summed E-state index contributed by atoms with van der Waals surface area (Å²) in [5.41, 5.74) is 7.03. The number of pyridine rings is 2. The fraction of sp³-hybridized carbons (Fsp3) is 0.448. The predicted octanol–water partition coefficient (Wildman–Crippen LogP) is 6.46. The van der Waals surface area contributed by atoms with Crippen molar-refractivity contribution in [1.82, 2.24) is 20.2 Å². The highest BCUT2D eigenvalue weighted by Crippen LogP contribution is 2.34. The first-order valence-electron chi connectivity index (χ1n) is 12.4. The van der Waals surface area contributed by atoms with Crippen LogP contribution in [0.5, 0.6) is 0 Å². The van der Waals surface area contributed by atoms with Crippen LogP contribution in [0.1, 0.15) is 67.3 Å². The maximum atomic E-state index is 6.16. The second-order valence-corrected chi connectivity index (χ2v) is 10.1. The molecule has 0 atom stereocenters. The van der Waals surface area contributed by atoms with Gasteiger partial charge in [0.25, 0.3) is 0 Å². The van der Waals surface area contributed by atoms with Gasteiger partial charge in [-0.3, -0.25) is 14.9 Å². The maximum absolute atomic E-state index is 6.16. The van der Waals surface area contributed by atoms with E-state index in [0.29, 0.717) is 0 Å². The van der Waals surface area contributed by atoms with Crippen molar-refractivity contribution in [2.24, 2.45) is 0 Å². The van der Waals surface area contributed by atoms with Gasteiger partial charge in [-0.1, -0.05) is 56.6 Å². The lowest BCUT2D eigenvalue weighted by Crippen LogP contribution is -2.29. The Morgan fingerprint density at radius 2 is 1.71 bits per heavy atom. The fourth-order valence-electron chi connectivity index (χ4n) is 4.46. The van der Waals surface area contributed by atoms with E-state index < -0.39 is 0 Å². The lowest BCUT2D eigenvalue weighted by atomic mass is 9.77. The molecule has 5 heteroatoms. The Kier molecular flexibility index (Phi) is 9.63. The molecule has 0 saturated carbocycles. The molecule has 0 spiro atoms. The summed E-state index contributed by atoms with van der Waals surface area (Å²) >= 11 is 6.16. The summed E-state index contributed by atoms with van der Waals surface area (Å²) in [4.78, 5) is 12.1. The molecule has 2 heterocycles. The molecule has 0 aliphatic carbocycles. The zero-order chi connectivity index (χ0) is 24.6. The molecule has 0 saturated heterocycles. The van der Waals surface area contributed by atoms with E-state index >= 15 is 0 Å². The molecule has 0 radical (unpaired) electrons. The molecule has 1 N–H and O–H groups in total. The molecule has 3 aromatic rings. The Hall–Kier alpha value is -2.27. The largest absolute Gasteiger partial charge is 0.317 e. The third kappa shape index (κ3) is 7.11. The van der Waals surface area contributed by atoms with Crippen LogP contribution in [0.25, 0.3) is 0 Å². The molecule has 34 heavy (non-hydrogen) atoms. The topological polar surface area (TPSA) is 41.0 Å². The highest BCUT2D eigenvalue weighted by atomic mass is 35.5. The van der Waals surface area contributed by atoms with Crippen LogP contribution in [0.2, 0.25) is 5.02 Å². The average molecular weight is 479 g/mol. The van der Waals surface area contributed by atoms with E-state index in [2.05, 4.69) is 69.1 Å². The molecule has 2 aromatic heterocycles. The van der Waals surface area contributed by atoms with Crippen molar-refractivity contribution in [3.8, 4) is 0 Å². The second-order valence-electron chi connectivity index (χ2n) is 9.68. The number of benzene rings is 1. The van der Waals surface area contributed by atoms with Gasteiger partial charge >= 0.3 is 0 Å². The van der Waals surface area contributed by atoms with Crippen molar-refractivity contribution in [3.63, 3.8) is 0 Å².